The van der Waals surface area contributed by atoms with Gasteiger partial charge in [-0.25, -0.2) is 0 Å². The molecule has 7 heteroatoms. The second-order valence-electron chi connectivity index (χ2n) is 9.27. The number of hydrogen-bond acceptors (Lipinski definition) is 4. The lowest BCUT2D eigenvalue weighted by Gasteiger charge is -2.26. The largest absolute Gasteiger partial charge is 0.361 e. The number of nitrogens with one attached hydrogen (secondary N) is 2. The molecule has 2 aliphatic rings. The molecule has 2 fully saturated rings. The highest BCUT2D eigenvalue weighted by molar-refractivity contribution is 6.01. The van der Waals surface area contributed by atoms with Gasteiger partial charge in [-0.3, -0.25) is 9.59 Å². The van der Waals surface area contributed by atoms with Crippen LogP contribution in [-0.4, -0.2) is 59.8 Å². The Morgan fingerprint density at radius 1 is 1.00 bits per heavy atom. The van der Waals surface area contributed by atoms with E-state index in [1.807, 2.05) is 66.9 Å². The van der Waals surface area contributed by atoms with Crippen molar-refractivity contribution in [1.29, 1.82) is 0 Å². The third-order valence-corrected chi connectivity index (χ3v) is 7.03. The maximum Gasteiger partial charge on any atom is 0.251 e. The van der Waals surface area contributed by atoms with Crippen molar-refractivity contribution in [3.8, 4) is 0 Å². The number of amides is 2. The maximum absolute atomic E-state index is 13.7. The van der Waals surface area contributed by atoms with Gasteiger partial charge in [0.2, 0.25) is 5.91 Å². The molecule has 0 aliphatic carbocycles. The Bertz CT molecular complexity index is 1410. The highest BCUT2D eigenvalue weighted by Crippen LogP contribution is 2.31. The van der Waals surface area contributed by atoms with E-state index in [1.54, 1.807) is 11.0 Å². The van der Waals surface area contributed by atoms with Crippen LogP contribution in [0.3, 0.4) is 0 Å². The summed E-state index contributed by atoms with van der Waals surface area (Å²) in [4.78, 5) is 32.1. The van der Waals surface area contributed by atoms with Crippen LogP contribution < -0.4 is 5.32 Å². The van der Waals surface area contributed by atoms with Crippen molar-refractivity contribution >= 4 is 33.5 Å². The van der Waals surface area contributed by atoms with Crippen molar-refractivity contribution < 1.29 is 19.1 Å². The Hall–Kier alpha value is -3.68. The van der Waals surface area contributed by atoms with Gasteiger partial charge in [-0.1, -0.05) is 48.5 Å². The zero-order valence-corrected chi connectivity index (χ0v) is 19.3. The van der Waals surface area contributed by atoms with Crippen LogP contribution in [0.15, 0.2) is 72.9 Å². The predicted molar refractivity (Wildman–Crippen MR) is 133 cm³/mol. The van der Waals surface area contributed by atoms with Gasteiger partial charge in [-0.15, -0.1) is 0 Å². The first kappa shape index (κ1) is 21.8. The number of hydrogen-bond donors (Lipinski definition) is 2. The number of carbonyl (C=O) groups is 2. The molecule has 1 unspecified atom stereocenters. The Morgan fingerprint density at radius 3 is 2.63 bits per heavy atom. The summed E-state index contributed by atoms with van der Waals surface area (Å²) in [6.45, 7) is 2.00. The normalized spacial score (nSPS) is 17.9. The number of para-hydroxylation sites is 1. The van der Waals surface area contributed by atoms with Crippen LogP contribution in [0, 0.1) is 0 Å². The lowest BCUT2D eigenvalue weighted by molar-refractivity contribution is -0.153. The summed E-state index contributed by atoms with van der Waals surface area (Å²) in [5, 5.41) is 6.13. The number of likely N-dealkylation sites (tertiary alicyclic amines) is 1. The van der Waals surface area contributed by atoms with E-state index in [9.17, 15) is 9.59 Å². The smallest absolute Gasteiger partial charge is 0.251 e. The molecule has 3 aromatic carbocycles. The minimum absolute atomic E-state index is 0.125. The number of H-pyrrole nitrogens is 1. The molecule has 2 saturated heterocycles. The lowest BCUT2D eigenvalue weighted by Crippen LogP contribution is -2.50. The number of carbonyl (C=O) groups excluding carboxylic acids is 2. The highest BCUT2D eigenvalue weighted by Gasteiger charge is 2.46. The SMILES string of the molecule is O=C(NC(Cc1c[nH]c2ccccc12)C(=O)N1CCC2(C1)OCCO2)c1ccc2ccccc2c1. The molecular formula is C28H27N3O4. The third-order valence-electron chi connectivity index (χ3n) is 7.03. The average Bonchev–Trinajstić information content (AvgIpc) is 3.64. The number of fused-ring (bicyclic) bond motifs is 2. The molecule has 6 rings (SSSR count). The van der Waals surface area contributed by atoms with Gasteiger partial charge in [0, 0.05) is 42.0 Å². The van der Waals surface area contributed by atoms with Crippen molar-refractivity contribution in [2.75, 3.05) is 26.3 Å². The summed E-state index contributed by atoms with van der Waals surface area (Å²) >= 11 is 0. The van der Waals surface area contributed by atoms with Crippen LogP contribution in [0.5, 0.6) is 0 Å². The fourth-order valence-corrected chi connectivity index (χ4v) is 5.19. The number of aromatic amines is 1. The number of nitrogens with zero attached hydrogens (tertiary/aromatic N) is 1. The van der Waals surface area contributed by atoms with Crippen LogP contribution in [-0.2, 0) is 20.7 Å². The number of aromatic nitrogens is 1. The van der Waals surface area contributed by atoms with Gasteiger partial charge in [0.15, 0.2) is 5.79 Å². The minimum atomic E-state index is -0.718. The molecule has 2 amide bonds. The molecule has 1 atom stereocenters. The van der Waals surface area contributed by atoms with E-state index in [2.05, 4.69) is 10.3 Å². The zero-order chi connectivity index (χ0) is 23.8. The molecule has 1 aromatic heterocycles. The monoisotopic (exact) mass is 469 g/mol. The van der Waals surface area contributed by atoms with Gasteiger partial charge in [-0.05, 0) is 34.5 Å². The summed E-state index contributed by atoms with van der Waals surface area (Å²) in [7, 11) is 0. The topological polar surface area (TPSA) is 83.7 Å². The predicted octanol–water partition coefficient (Wildman–Crippen LogP) is 3.64. The molecule has 4 aromatic rings. The van der Waals surface area contributed by atoms with Crippen molar-refractivity contribution in [2.24, 2.45) is 0 Å². The number of rotatable bonds is 5. The van der Waals surface area contributed by atoms with Gasteiger partial charge in [0.1, 0.15) is 6.04 Å². The van der Waals surface area contributed by atoms with Crippen molar-refractivity contribution in [2.45, 2.75) is 24.7 Å². The molecule has 178 valence electrons. The second kappa shape index (κ2) is 8.83. The lowest BCUT2D eigenvalue weighted by atomic mass is 10.0. The molecular weight excluding hydrogens is 442 g/mol. The quantitative estimate of drug-likeness (QED) is 0.468. The molecule has 7 nitrogen and oxygen atoms in total. The van der Waals surface area contributed by atoms with E-state index in [4.69, 9.17) is 9.47 Å². The van der Waals surface area contributed by atoms with E-state index >= 15 is 0 Å². The molecule has 0 saturated carbocycles. The Morgan fingerprint density at radius 2 is 1.77 bits per heavy atom. The second-order valence-corrected chi connectivity index (χ2v) is 9.27. The van der Waals surface area contributed by atoms with Gasteiger partial charge in [0.25, 0.3) is 5.91 Å². The average molecular weight is 470 g/mol. The van der Waals surface area contributed by atoms with E-state index < -0.39 is 11.8 Å². The van der Waals surface area contributed by atoms with Crippen LogP contribution in [0.1, 0.15) is 22.3 Å². The summed E-state index contributed by atoms with van der Waals surface area (Å²) in [6.07, 6.45) is 2.94. The first-order valence-corrected chi connectivity index (χ1v) is 12.0. The fourth-order valence-electron chi connectivity index (χ4n) is 5.19. The molecule has 2 N–H and O–H groups in total. The molecule has 35 heavy (non-hydrogen) atoms. The highest BCUT2D eigenvalue weighted by atomic mass is 16.7. The van der Waals surface area contributed by atoms with Crippen LogP contribution in [0.4, 0.5) is 0 Å². The van der Waals surface area contributed by atoms with Crippen molar-refractivity contribution in [3.63, 3.8) is 0 Å². The fraction of sp³-hybridized carbons (Fsp3) is 0.286. The first-order valence-electron chi connectivity index (χ1n) is 12.0. The molecule has 3 heterocycles. The molecule has 0 bridgehead atoms. The van der Waals surface area contributed by atoms with E-state index in [0.29, 0.717) is 44.7 Å². The third kappa shape index (κ3) is 4.17. The Labute approximate surface area is 203 Å². The van der Waals surface area contributed by atoms with E-state index in [0.717, 1.165) is 27.2 Å². The molecule has 1 spiro atoms. The van der Waals surface area contributed by atoms with Crippen LogP contribution in [0.2, 0.25) is 0 Å². The minimum Gasteiger partial charge on any atom is -0.361 e. The van der Waals surface area contributed by atoms with Gasteiger partial charge in [0.05, 0.1) is 19.8 Å². The number of ether oxygens (including phenoxy) is 2. The molecule has 2 aliphatic heterocycles. The van der Waals surface area contributed by atoms with Crippen molar-refractivity contribution in [3.05, 3.63) is 84.1 Å². The Kier molecular flexibility index (Phi) is 5.51. The summed E-state index contributed by atoms with van der Waals surface area (Å²) in [5.74, 6) is -1.10. The summed E-state index contributed by atoms with van der Waals surface area (Å²) in [5.41, 5.74) is 2.52. The van der Waals surface area contributed by atoms with E-state index in [-0.39, 0.29) is 11.8 Å². The summed E-state index contributed by atoms with van der Waals surface area (Å²) in [6, 6.07) is 20.8. The maximum atomic E-state index is 13.7. The van der Waals surface area contributed by atoms with E-state index in [1.165, 1.54) is 0 Å². The van der Waals surface area contributed by atoms with Gasteiger partial charge >= 0.3 is 0 Å². The first-order chi connectivity index (χ1) is 17.1. The van der Waals surface area contributed by atoms with Crippen molar-refractivity contribution in [1.82, 2.24) is 15.2 Å². The van der Waals surface area contributed by atoms with Crippen LogP contribution >= 0.6 is 0 Å². The zero-order valence-electron chi connectivity index (χ0n) is 19.3. The molecule has 0 radical (unpaired) electrons. The van der Waals surface area contributed by atoms with Crippen LogP contribution in [0.25, 0.3) is 21.7 Å². The number of benzene rings is 3. The van der Waals surface area contributed by atoms with Gasteiger partial charge < -0.3 is 24.7 Å². The standard InChI is InChI=1S/C28H27N3O4/c32-26(21-10-9-19-5-1-2-6-20(19)15-21)30-25(16-22-17-29-24-8-4-3-7-23(22)24)27(33)31-12-11-28(18-31)34-13-14-35-28/h1-10,15,17,25,29H,11-14,16,18H2,(H,30,32). The van der Waals surface area contributed by atoms with Gasteiger partial charge in [-0.2, -0.15) is 0 Å². The summed E-state index contributed by atoms with van der Waals surface area (Å²) < 4.78 is 11.6. The Balaban J connectivity index is 1.28.